The maximum Gasteiger partial charge on any atom is 0.310 e. The van der Waals surface area contributed by atoms with Gasteiger partial charge in [-0.25, -0.2) is 8.78 Å². The van der Waals surface area contributed by atoms with Crippen molar-refractivity contribution >= 4 is 29.2 Å². The molecule has 0 heterocycles. The fourth-order valence-corrected chi connectivity index (χ4v) is 2.20. The zero-order valence-corrected chi connectivity index (χ0v) is 13.9. The molecular formula is C17H14ClF2NO4. The van der Waals surface area contributed by atoms with Gasteiger partial charge in [-0.05, 0) is 30.3 Å². The summed E-state index contributed by atoms with van der Waals surface area (Å²) in [6.07, 6.45) is -0.137. The highest BCUT2D eigenvalue weighted by Crippen LogP contribution is 2.23. The lowest BCUT2D eigenvalue weighted by Gasteiger charge is -2.09. The van der Waals surface area contributed by atoms with Crippen molar-refractivity contribution in [2.75, 3.05) is 19.0 Å². The van der Waals surface area contributed by atoms with Crippen LogP contribution in [0.5, 0.6) is 5.75 Å². The number of rotatable bonds is 6. The number of hydrogen-bond acceptors (Lipinski definition) is 4. The van der Waals surface area contributed by atoms with E-state index in [0.717, 1.165) is 12.1 Å². The molecule has 0 fully saturated rings. The molecule has 0 saturated heterocycles. The standard InChI is InChI=1S/C17H14ClF2NO4/c1-24-15-5-2-11(18)6-10(15)7-17(23)25-9-16(22)21-12-3-4-13(19)14(20)8-12/h2-6,8H,7,9H2,1H3,(H,21,22). The number of methoxy groups -OCH3 is 1. The van der Waals surface area contributed by atoms with E-state index in [9.17, 15) is 18.4 Å². The first kappa shape index (κ1) is 18.7. The number of esters is 1. The van der Waals surface area contributed by atoms with Crippen LogP contribution in [-0.4, -0.2) is 25.6 Å². The van der Waals surface area contributed by atoms with Crippen LogP contribution >= 0.6 is 11.6 Å². The van der Waals surface area contributed by atoms with Crippen molar-refractivity contribution in [3.8, 4) is 5.75 Å². The zero-order valence-electron chi connectivity index (χ0n) is 13.1. The minimum atomic E-state index is -1.09. The summed E-state index contributed by atoms with van der Waals surface area (Å²) in [6.45, 7) is -0.569. The van der Waals surface area contributed by atoms with E-state index in [1.165, 1.54) is 13.2 Å². The first-order valence-electron chi connectivity index (χ1n) is 7.12. The predicted molar refractivity (Wildman–Crippen MR) is 87.7 cm³/mol. The van der Waals surface area contributed by atoms with Crippen molar-refractivity contribution in [3.05, 3.63) is 58.6 Å². The van der Waals surface area contributed by atoms with E-state index < -0.39 is 30.1 Å². The molecule has 0 unspecified atom stereocenters. The van der Waals surface area contributed by atoms with Crippen molar-refractivity contribution < 1.29 is 27.8 Å². The van der Waals surface area contributed by atoms with Crippen molar-refractivity contribution in [1.29, 1.82) is 0 Å². The third kappa shape index (κ3) is 5.42. The normalized spacial score (nSPS) is 10.2. The largest absolute Gasteiger partial charge is 0.496 e. The monoisotopic (exact) mass is 369 g/mol. The van der Waals surface area contributed by atoms with Crippen LogP contribution in [0.1, 0.15) is 5.56 Å². The Kier molecular flexibility index (Phi) is 6.30. The Hall–Kier alpha value is -2.67. The molecule has 132 valence electrons. The second-order valence-electron chi connectivity index (χ2n) is 4.97. The lowest BCUT2D eigenvalue weighted by molar-refractivity contribution is -0.146. The smallest absolute Gasteiger partial charge is 0.310 e. The molecule has 0 spiro atoms. The van der Waals surface area contributed by atoms with Gasteiger partial charge in [0.05, 0.1) is 13.5 Å². The summed E-state index contributed by atoms with van der Waals surface area (Å²) in [5.74, 6) is -3.01. The summed E-state index contributed by atoms with van der Waals surface area (Å²) >= 11 is 5.87. The van der Waals surface area contributed by atoms with Gasteiger partial charge >= 0.3 is 5.97 Å². The van der Waals surface area contributed by atoms with Gasteiger partial charge in [0.15, 0.2) is 18.2 Å². The quantitative estimate of drug-likeness (QED) is 0.793. The molecule has 0 aliphatic heterocycles. The Bertz CT molecular complexity index is 798. The van der Waals surface area contributed by atoms with Crippen LogP contribution in [0.25, 0.3) is 0 Å². The van der Waals surface area contributed by atoms with Crippen molar-refractivity contribution in [1.82, 2.24) is 0 Å². The van der Waals surface area contributed by atoms with Gasteiger partial charge in [-0.3, -0.25) is 9.59 Å². The summed E-state index contributed by atoms with van der Waals surface area (Å²) in [5, 5.41) is 2.72. The first-order chi connectivity index (χ1) is 11.9. The average molecular weight is 370 g/mol. The van der Waals surface area contributed by atoms with Gasteiger partial charge in [0.2, 0.25) is 0 Å². The minimum Gasteiger partial charge on any atom is -0.496 e. The molecule has 0 bridgehead atoms. The Labute approximate surface area is 147 Å². The molecule has 5 nitrogen and oxygen atoms in total. The van der Waals surface area contributed by atoms with Crippen LogP contribution in [0, 0.1) is 11.6 Å². The molecule has 8 heteroatoms. The molecule has 2 rings (SSSR count). The number of anilines is 1. The molecule has 0 radical (unpaired) electrons. The predicted octanol–water partition coefficient (Wildman–Crippen LogP) is 3.35. The molecule has 0 aromatic heterocycles. The zero-order chi connectivity index (χ0) is 18.4. The number of nitrogens with one attached hydrogen (secondary N) is 1. The molecule has 0 aliphatic rings. The highest BCUT2D eigenvalue weighted by Gasteiger charge is 2.13. The SMILES string of the molecule is COc1ccc(Cl)cc1CC(=O)OCC(=O)Nc1ccc(F)c(F)c1. The molecule has 2 aromatic carbocycles. The number of halogens is 3. The Morgan fingerprint density at radius 1 is 1.12 bits per heavy atom. The number of carbonyl (C=O) groups excluding carboxylic acids is 2. The first-order valence-corrected chi connectivity index (χ1v) is 7.50. The van der Waals surface area contributed by atoms with Gasteiger partial charge in [-0.1, -0.05) is 11.6 Å². The number of ether oxygens (including phenoxy) is 2. The van der Waals surface area contributed by atoms with E-state index in [4.69, 9.17) is 21.1 Å². The van der Waals surface area contributed by atoms with E-state index >= 15 is 0 Å². The van der Waals surface area contributed by atoms with E-state index in [2.05, 4.69) is 5.32 Å². The molecule has 0 aliphatic carbocycles. The lowest BCUT2D eigenvalue weighted by atomic mass is 10.1. The van der Waals surface area contributed by atoms with E-state index in [1.807, 2.05) is 0 Å². The van der Waals surface area contributed by atoms with E-state index in [1.54, 1.807) is 18.2 Å². The van der Waals surface area contributed by atoms with Gasteiger partial charge in [0.1, 0.15) is 5.75 Å². The summed E-state index contributed by atoms with van der Waals surface area (Å²) in [7, 11) is 1.45. The third-order valence-electron chi connectivity index (χ3n) is 3.14. The fraction of sp³-hybridized carbons (Fsp3) is 0.176. The van der Waals surface area contributed by atoms with Gasteiger partial charge in [-0.15, -0.1) is 0 Å². The van der Waals surface area contributed by atoms with Crippen LogP contribution in [0.4, 0.5) is 14.5 Å². The van der Waals surface area contributed by atoms with Crippen LogP contribution < -0.4 is 10.1 Å². The second-order valence-corrected chi connectivity index (χ2v) is 5.41. The van der Waals surface area contributed by atoms with Crippen LogP contribution in [0.2, 0.25) is 5.02 Å². The number of hydrogen-bond donors (Lipinski definition) is 1. The summed E-state index contributed by atoms with van der Waals surface area (Å²) < 4.78 is 35.8. The average Bonchev–Trinajstić information content (AvgIpc) is 2.57. The molecule has 0 saturated carbocycles. The topological polar surface area (TPSA) is 64.6 Å². The lowest BCUT2D eigenvalue weighted by Crippen LogP contribution is -2.21. The molecule has 2 aromatic rings. The highest BCUT2D eigenvalue weighted by atomic mass is 35.5. The Balaban J connectivity index is 1.88. The molecule has 0 atom stereocenters. The van der Waals surface area contributed by atoms with Gasteiger partial charge in [-0.2, -0.15) is 0 Å². The highest BCUT2D eigenvalue weighted by molar-refractivity contribution is 6.30. The van der Waals surface area contributed by atoms with Gasteiger partial charge in [0.25, 0.3) is 5.91 Å². The van der Waals surface area contributed by atoms with E-state index in [0.29, 0.717) is 16.3 Å². The van der Waals surface area contributed by atoms with Crippen molar-refractivity contribution in [3.63, 3.8) is 0 Å². The second kappa shape index (κ2) is 8.43. The molecule has 1 N–H and O–H groups in total. The molecule has 25 heavy (non-hydrogen) atoms. The van der Waals surface area contributed by atoms with Crippen LogP contribution in [-0.2, 0) is 20.7 Å². The number of amides is 1. The Morgan fingerprint density at radius 2 is 1.88 bits per heavy atom. The maximum absolute atomic E-state index is 13.1. The summed E-state index contributed by atoms with van der Waals surface area (Å²) in [5.41, 5.74) is 0.567. The van der Waals surface area contributed by atoms with Gasteiger partial charge in [0, 0.05) is 22.3 Å². The number of benzene rings is 2. The van der Waals surface area contributed by atoms with Gasteiger partial charge < -0.3 is 14.8 Å². The number of carbonyl (C=O) groups is 2. The van der Waals surface area contributed by atoms with Crippen molar-refractivity contribution in [2.24, 2.45) is 0 Å². The van der Waals surface area contributed by atoms with Crippen LogP contribution in [0.15, 0.2) is 36.4 Å². The summed E-state index contributed by atoms with van der Waals surface area (Å²) in [6, 6.07) is 7.68. The molecular weight excluding hydrogens is 356 g/mol. The third-order valence-corrected chi connectivity index (χ3v) is 3.38. The van der Waals surface area contributed by atoms with Crippen molar-refractivity contribution in [2.45, 2.75) is 6.42 Å². The summed E-state index contributed by atoms with van der Waals surface area (Å²) in [4.78, 5) is 23.5. The molecule has 1 amide bonds. The Morgan fingerprint density at radius 3 is 2.56 bits per heavy atom. The fourth-order valence-electron chi connectivity index (χ4n) is 2.01. The van der Waals surface area contributed by atoms with E-state index in [-0.39, 0.29) is 12.1 Å². The van der Waals surface area contributed by atoms with Crippen LogP contribution in [0.3, 0.4) is 0 Å². The maximum atomic E-state index is 13.1. The minimum absolute atomic E-state index is 0.0523.